The number of rotatable bonds is 5. The molecule has 0 radical (unpaired) electrons. The zero-order valence-corrected chi connectivity index (χ0v) is 17.7. The monoisotopic (exact) mass is 408 g/mol. The lowest BCUT2D eigenvalue weighted by Crippen LogP contribution is -2.38. The van der Waals surface area contributed by atoms with Crippen LogP contribution in [0.5, 0.6) is 0 Å². The molecule has 1 aliphatic rings. The van der Waals surface area contributed by atoms with Gasteiger partial charge in [-0.25, -0.2) is 24.6 Å². The number of nitriles is 1. The van der Waals surface area contributed by atoms with Crippen LogP contribution >= 0.6 is 0 Å². The van der Waals surface area contributed by atoms with Crippen molar-refractivity contribution < 1.29 is 0 Å². The molecule has 3 heterocycles. The van der Waals surface area contributed by atoms with Crippen molar-refractivity contribution in [1.29, 1.82) is 5.26 Å². The number of benzene rings is 2. The van der Waals surface area contributed by atoms with Crippen molar-refractivity contribution in [2.45, 2.75) is 39.3 Å². The van der Waals surface area contributed by atoms with Gasteiger partial charge in [0.15, 0.2) is 18.0 Å². The summed E-state index contributed by atoms with van der Waals surface area (Å²) < 4.78 is 2.12. The number of unbranched alkanes of at least 4 members (excludes halogenated alkanes) is 1. The molecule has 0 N–H and O–H groups in total. The summed E-state index contributed by atoms with van der Waals surface area (Å²) in [7, 11) is 0. The molecule has 31 heavy (non-hydrogen) atoms. The summed E-state index contributed by atoms with van der Waals surface area (Å²) in [6.07, 6.45) is 6.87. The average molecular weight is 409 g/mol. The summed E-state index contributed by atoms with van der Waals surface area (Å²) in [5, 5.41) is 12.3. The molecule has 6 heteroatoms. The quantitative estimate of drug-likeness (QED) is 0.417. The fraction of sp³-hybridized carbons (Fsp3) is 0.240. The second-order valence-electron chi connectivity index (χ2n) is 7.88. The van der Waals surface area contributed by atoms with E-state index in [1.807, 2.05) is 30.3 Å². The lowest BCUT2D eigenvalue weighted by molar-refractivity contribution is 0.572. The number of nitrogens with zero attached hydrogens (tertiary/aromatic N) is 6. The van der Waals surface area contributed by atoms with Gasteiger partial charge >= 0.3 is 0 Å². The van der Waals surface area contributed by atoms with Crippen molar-refractivity contribution in [2.24, 2.45) is 0 Å². The summed E-state index contributed by atoms with van der Waals surface area (Å²) in [6.45, 7) is 4.26. The second-order valence-corrected chi connectivity index (χ2v) is 7.88. The second kappa shape index (κ2) is 7.77. The van der Waals surface area contributed by atoms with Gasteiger partial charge in [0.05, 0.1) is 11.4 Å². The molecule has 0 aliphatic carbocycles. The van der Waals surface area contributed by atoms with Gasteiger partial charge in [0, 0.05) is 12.6 Å². The van der Waals surface area contributed by atoms with E-state index in [4.69, 9.17) is 4.98 Å². The molecule has 0 bridgehead atoms. The molecule has 1 unspecified atom stereocenters. The average Bonchev–Trinajstić information content (AvgIpc) is 3.32. The van der Waals surface area contributed by atoms with E-state index in [9.17, 15) is 5.26 Å². The first kappa shape index (κ1) is 19.1. The highest BCUT2D eigenvalue weighted by molar-refractivity contribution is 5.82. The van der Waals surface area contributed by atoms with Crippen LogP contribution in [-0.2, 0) is 6.42 Å². The Labute approximate surface area is 182 Å². The number of fused-ring (bicyclic) bond motifs is 2. The normalized spacial score (nSPS) is 15.3. The van der Waals surface area contributed by atoms with Crippen LogP contribution in [0.15, 0.2) is 66.9 Å². The number of pyridine rings is 1. The third-order valence-electron chi connectivity index (χ3n) is 5.78. The Morgan fingerprint density at radius 3 is 2.52 bits per heavy atom. The number of hydrogen-bond acceptors (Lipinski definition) is 5. The zero-order valence-electron chi connectivity index (χ0n) is 17.7. The maximum absolute atomic E-state index is 10.1. The molecule has 0 amide bonds. The van der Waals surface area contributed by atoms with Gasteiger partial charge in [-0.05, 0) is 43.2 Å². The van der Waals surface area contributed by atoms with E-state index in [1.54, 1.807) is 11.1 Å². The summed E-state index contributed by atoms with van der Waals surface area (Å²) in [4.78, 5) is 11.4. The molecule has 0 fully saturated rings. The van der Waals surface area contributed by atoms with E-state index < -0.39 is 0 Å². The Balaban J connectivity index is 1.78. The summed E-state index contributed by atoms with van der Waals surface area (Å²) in [5.41, 5.74) is 5.76. The molecule has 0 spiro atoms. The van der Waals surface area contributed by atoms with Crippen molar-refractivity contribution in [1.82, 2.24) is 14.6 Å². The fourth-order valence-electron chi connectivity index (χ4n) is 4.26. The molecule has 154 valence electrons. The predicted octanol–water partition coefficient (Wildman–Crippen LogP) is 5.35. The molecular weight excluding hydrogens is 384 g/mol. The van der Waals surface area contributed by atoms with Gasteiger partial charge in [0.25, 0.3) is 0 Å². The summed E-state index contributed by atoms with van der Waals surface area (Å²) >= 11 is 0. The lowest BCUT2D eigenvalue weighted by Gasteiger charge is -2.31. The highest BCUT2D eigenvalue weighted by atomic mass is 15.7. The van der Waals surface area contributed by atoms with Gasteiger partial charge < -0.3 is 0 Å². The van der Waals surface area contributed by atoms with Crippen LogP contribution in [-0.4, -0.2) is 14.6 Å². The highest BCUT2D eigenvalue weighted by Crippen LogP contribution is 2.47. The van der Waals surface area contributed by atoms with Crippen molar-refractivity contribution in [3.8, 4) is 6.19 Å². The predicted molar refractivity (Wildman–Crippen MR) is 122 cm³/mol. The highest BCUT2D eigenvalue weighted by Gasteiger charge is 2.40. The molecule has 0 saturated carbocycles. The number of hydrogen-bond donors (Lipinski definition) is 0. The van der Waals surface area contributed by atoms with E-state index in [1.165, 1.54) is 5.56 Å². The minimum Gasteiger partial charge on any atom is -0.249 e. The van der Waals surface area contributed by atoms with Gasteiger partial charge in [0.2, 0.25) is 0 Å². The van der Waals surface area contributed by atoms with Crippen LogP contribution in [0.3, 0.4) is 0 Å². The molecular formula is C25H24N6. The number of anilines is 2. The Bertz CT molecular complexity index is 1270. The standard InChI is InChI=1S/C25H24N6/c1-3-4-11-23-28-20-8-7-16-27-24(20)31(23)30-22-10-6-5-9-21(22)29(17-26)25(30)19-14-12-18(2)13-15-19/h5-10,12-16,25H,3-4,11H2,1-2H3. The molecule has 0 saturated heterocycles. The van der Waals surface area contributed by atoms with Crippen LogP contribution in [0.25, 0.3) is 11.2 Å². The van der Waals surface area contributed by atoms with Gasteiger partial charge in [-0.3, -0.25) is 0 Å². The first-order valence-corrected chi connectivity index (χ1v) is 10.7. The minimum absolute atomic E-state index is 0.317. The van der Waals surface area contributed by atoms with Gasteiger partial charge in [0.1, 0.15) is 11.3 Å². The topological polar surface area (TPSA) is 61.0 Å². The smallest absolute Gasteiger partial charge is 0.186 e. The number of aryl methyl sites for hydroxylation is 2. The van der Waals surface area contributed by atoms with Crippen molar-refractivity contribution in [3.05, 3.63) is 83.8 Å². The number of para-hydroxylation sites is 2. The van der Waals surface area contributed by atoms with E-state index in [2.05, 4.69) is 65.0 Å². The summed E-state index contributed by atoms with van der Waals surface area (Å²) in [6, 6.07) is 20.3. The Morgan fingerprint density at radius 2 is 1.77 bits per heavy atom. The third kappa shape index (κ3) is 3.10. The van der Waals surface area contributed by atoms with Gasteiger partial charge in [-0.2, -0.15) is 5.26 Å². The van der Waals surface area contributed by atoms with Crippen molar-refractivity contribution in [3.63, 3.8) is 0 Å². The molecule has 1 atom stereocenters. The molecule has 6 nitrogen and oxygen atoms in total. The van der Waals surface area contributed by atoms with Gasteiger partial charge in [-0.1, -0.05) is 55.3 Å². The Kier molecular flexibility index (Phi) is 4.79. The van der Waals surface area contributed by atoms with Crippen LogP contribution in [0, 0.1) is 18.4 Å². The molecule has 5 rings (SSSR count). The van der Waals surface area contributed by atoms with E-state index in [0.29, 0.717) is 0 Å². The van der Waals surface area contributed by atoms with Crippen LogP contribution < -0.4 is 9.91 Å². The van der Waals surface area contributed by atoms with Crippen molar-refractivity contribution in [2.75, 3.05) is 9.91 Å². The number of imidazole rings is 1. The lowest BCUT2D eigenvalue weighted by atomic mass is 10.1. The zero-order chi connectivity index (χ0) is 21.4. The van der Waals surface area contributed by atoms with Crippen LogP contribution in [0.4, 0.5) is 11.4 Å². The SMILES string of the molecule is CCCCc1nc2cccnc2n1N1c2ccccc2N(C#N)C1c1ccc(C)cc1. The Morgan fingerprint density at radius 1 is 1.00 bits per heavy atom. The van der Waals surface area contributed by atoms with Crippen LogP contribution in [0.2, 0.25) is 0 Å². The third-order valence-corrected chi connectivity index (χ3v) is 5.78. The fourth-order valence-corrected chi connectivity index (χ4v) is 4.26. The molecule has 1 aliphatic heterocycles. The first-order valence-electron chi connectivity index (χ1n) is 10.7. The maximum atomic E-state index is 10.1. The van der Waals surface area contributed by atoms with E-state index in [-0.39, 0.29) is 6.17 Å². The summed E-state index contributed by atoms with van der Waals surface area (Å²) in [5.74, 6) is 0.960. The number of aromatic nitrogens is 3. The Hall–Kier alpha value is -3.85. The first-order chi connectivity index (χ1) is 15.2. The maximum Gasteiger partial charge on any atom is 0.186 e. The minimum atomic E-state index is -0.317. The van der Waals surface area contributed by atoms with Gasteiger partial charge in [-0.15, -0.1) is 0 Å². The van der Waals surface area contributed by atoms with Crippen molar-refractivity contribution >= 4 is 22.5 Å². The largest absolute Gasteiger partial charge is 0.249 e. The molecule has 2 aromatic carbocycles. The molecule has 2 aromatic heterocycles. The van der Waals surface area contributed by atoms with Crippen LogP contribution in [0.1, 0.15) is 42.9 Å². The van der Waals surface area contributed by atoms with E-state index in [0.717, 1.165) is 53.2 Å². The van der Waals surface area contributed by atoms with E-state index >= 15 is 0 Å². The molecule has 4 aromatic rings.